The molecule has 0 amide bonds. The number of hydrogen-bond acceptors (Lipinski definition) is 4. The van der Waals surface area contributed by atoms with Gasteiger partial charge in [0.15, 0.2) is 5.65 Å². The molecule has 0 radical (unpaired) electrons. The third-order valence-corrected chi connectivity index (χ3v) is 10.8. The minimum Gasteiger partial charge on any atom is -0.309 e. The van der Waals surface area contributed by atoms with Gasteiger partial charge in [-0.25, -0.2) is 9.97 Å². The van der Waals surface area contributed by atoms with Crippen molar-refractivity contribution < 1.29 is 0 Å². The molecular weight excluding hydrogens is 619 g/mol. The Kier molecular flexibility index (Phi) is 5.54. The first-order chi connectivity index (χ1) is 24.3. The van der Waals surface area contributed by atoms with Crippen LogP contribution in [0.15, 0.2) is 161 Å². The van der Waals surface area contributed by atoms with E-state index in [2.05, 4.69) is 155 Å². The van der Waals surface area contributed by atoms with Crippen molar-refractivity contribution >= 4 is 66.4 Å². The number of pyridine rings is 1. The zero-order valence-corrected chi connectivity index (χ0v) is 26.9. The molecule has 5 heterocycles. The summed E-state index contributed by atoms with van der Waals surface area (Å²) in [6.07, 6.45) is 0. The van der Waals surface area contributed by atoms with Crippen LogP contribution in [0.25, 0.3) is 88.8 Å². The summed E-state index contributed by atoms with van der Waals surface area (Å²) in [6, 6.07) is 53.6. The van der Waals surface area contributed by atoms with Crippen LogP contribution in [0.3, 0.4) is 0 Å². The van der Waals surface area contributed by atoms with Gasteiger partial charge in [0.25, 0.3) is 0 Å². The smallest absolute Gasteiger partial charge is 0.237 e. The number of rotatable bonds is 3. The van der Waals surface area contributed by atoms with E-state index in [1.807, 2.05) is 6.07 Å². The van der Waals surface area contributed by atoms with Crippen LogP contribution in [-0.4, -0.2) is 24.1 Å². The first kappa shape index (κ1) is 26.8. The van der Waals surface area contributed by atoms with Crippen LogP contribution >= 0.6 is 11.8 Å². The average Bonchev–Trinajstić information content (AvgIpc) is 3.66. The van der Waals surface area contributed by atoms with Gasteiger partial charge in [-0.1, -0.05) is 115 Å². The summed E-state index contributed by atoms with van der Waals surface area (Å²) in [7, 11) is 0. The Morgan fingerprint density at radius 1 is 0.449 bits per heavy atom. The molecule has 6 aromatic carbocycles. The molecule has 0 spiro atoms. The third kappa shape index (κ3) is 3.86. The number of nitrogens with zero attached hydrogens (tertiary/aromatic N) is 5. The SMILES string of the molecule is c1ccc(-c2cc3c4c(nc(-n5c6ccccc6c6cc7c(cc65)c5ccccc5n7-c5ccccc5)nc4n2)-c2ccccc2S3)cc1. The number of aromatic nitrogens is 5. The highest BCUT2D eigenvalue weighted by Crippen LogP contribution is 2.48. The maximum absolute atomic E-state index is 5.41. The van der Waals surface area contributed by atoms with Gasteiger partial charge in [0, 0.05) is 48.2 Å². The molecule has 0 bridgehead atoms. The van der Waals surface area contributed by atoms with E-state index in [1.165, 1.54) is 26.7 Å². The van der Waals surface area contributed by atoms with Crippen molar-refractivity contribution in [2.45, 2.75) is 9.79 Å². The van der Waals surface area contributed by atoms with E-state index in [0.717, 1.165) is 60.3 Å². The molecule has 228 valence electrons. The zero-order valence-electron chi connectivity index (χ0n) is 26.1. The van der Waals surface area contributed by atoms with Gasteiger partial charge in [-0.15, -0.1) is 0 Å². The van der Waals surface area contributed by atoms with Crippen LogP contribution in [0, 0.1) is 0 Å². The van der Waals surface area contributed by atoms with Gasteiger partial charge in [-0.3, -0.25) is 4.57 Å². The van der Waals surface area contributed by atoms with Crippen molar-refractivity contribution in [3.05, 3.63) is 152 Å². The van der Waals surface area contributed by atoms with Gasteiger partial charge >= 0.3 is 0 Å². The molecule has 0 saturated carbocycles. The summed E-state index contributed by atoms with van der Waals surface area (Å²) >= 11 is 1.77. The van der Waals surface area contributed by atoms with Gasteiger partial charge in [-0.05, 0) is 48.5 Å². The minimum atomic E-state index is 0.616. The van der Waals surface area contributed by atoms with Gasteiger partial charge in [0.2, 0.25) is 5.95 Å². The van der Waals surface area contributed by atoms with Gasteiger partial charge in [0.1, 0.15) is 0 Å². The van der Waals surface area contributed by atoms with Crippen LogP contribution in [0.5, 0.6) is 0 Å². The third-order valence-electron chi connectivity index (χ3n) is 9.73. The van der Waals surface area contributed by atoms with E-state index in [9.17, 15) is 0 Å². The molecule has 0 fully saturated rings. The highest BCUT2D eigenvalue weighted by Gasteiger charge is 2.26. The van der Waals surface area contributed by atoms with Crippen LogP contribution < -0.4 is 0 Å². The number of para-hydroxylation sites is 3. The van der Waals surface area contributed by atoms with Crippen LogP contribution in [0.4, 0.5) is 0 Å². The molecule has 6 heteroatoms. The van der Waals surface area contributed by atoms with E-state index < -0.39 is 0 Å². The summed E-state index contributed by atoms with van der Waals surface area (Å²) < 4.78 is 4.60. The fourth-order valence-electron chi connectivity index (χ4n) is 7.59. The summed E-state index contributed by atoms with van der Waals surface area (Å²) in [5.41, 5.74) is 10.3. The second-order valence-corrected chi connectivity index (χ2v) is 13.6. The van der Waals surface area contributed by atoms with Crippen molar-refractivity contribution in [1.29, 1.82) is 0 Å². The fraction of sp³-hybridized carbons (Fsp3) is 0. The lowest BCUT2D eigenvalue weighted by molar-refractivity contribution is 0.999. The molecule has 4 aromatic heterocycles. The largest absolute Gasteiger partial charge is 0.309 e. The van der Waals surface area contributed by atoms with Gasteiger partial charge < -0.3 is 4.57 Å². The summed E-state index contributed by atoms with van der Waals surface area (Å²) in [4.78, 5) is 18.2. The molecule has 0 atom stereocenters. The maximum Gasteiger partial charge on any atom is 0.237 e. The second kappa shape index (κ2) is 10.1. The Morgan fingerprint density at radius 2 is 1.06 bits per heavy atom. The lowest BCUT2D eigenvalue weighted by Gasteiger charge is -2.20. The lowest BCUT2D eigenvalue weighted by Crippen LogP contribution is -2.07. The molecule has 49 heavy (non-hydrogen) atoms. The van der Waals surface area contributed by atoms with Crippen molar-refractivity contribution in [1.82, 2.24) is 24.1 Å². The number of benzene rings is 6. The maximum atomic E-state index is 5.41. The van der Waals surface area contributed by atoms with E-state index in [1.54, 1.807) is 11.8 Å². The minimum absolute atomic E-state index is 0.616. The van der Waals surface area contributed by atoms with Crippen molar-refractivity contribution in [2.75, 3.05) is 0 Å². The Labute approximate surface area is 285 Å². The monoisotopic (exact) mass is 643 g/mol. The Bertz CT molecular complexity index is 2960. The fourth-order valence-corrected chi connectivity index (χ4v) is 8.71. The predicted molar refractivity (Wildman–Crippen MR) is 201 cm³/mol. The first-order valence-corrected chi connectivity index (χ1v) is 17.2. The summed E-state index contributed by atoms with van der Waals surface area (Å²) in [5.74, 6) is 0.616. The van der Waals surface area contributed by atoms with Crippen LogP contribution in [-0.2, 0) is 0 Å². The van der Waals surface area contributed by atoms with E-state index in [-0.39, 0.29) is 0 Å². The Balaban J connectivity index is 1.26. The lowest BCUT2D eigenvalue weighted by atomic mass is 10.1. The van der Waals surface area contributed by atoms with E-state index >= 15 is 0 Å². The molecule has 1 aliphatic heterocycles. The normalized spacial score (nSPS) is 12.4. The Hall–Kier alpha value is -6.24. The topological polar surface area (TPSA) is 48.5 Å². The second-order valence-electron chi connectivity index (χ2n) is 12.5. The Morgan fingerprint density at radius 3 is 1.82 bits per heavy atom. The molecule has 0 unspecified atom stereocenters. The van der Waals surface area contributed by atoms with Crippen molar-refractivity contribution in [2.24, 2.45) is 0 Å². The molecule has 0 aliphatic carbocycles. The van der Waals surface area contributed by atoms with Crippen LogP contribution in [0.2, 0.25) is 0 Å². The van der Waals surface area contributed by atoms with Gasteiger partial charge in [-0.2, -0.15) is 4.98 Å². The van der Waals surface area contributed by atoms with Crippen molar-refractivity contribution in [3.63, 3.8) is 0 Å². The standard InChI is InChI=1S/C43H25N5S/c1-3-13-26(14-4-1)33-25-39-40-41(30-19-9-12-22-38(30)49-39)45-43(46-42(40)44-33)48-35-21-11-8-18-29(35)32-23-36-31(24-37(32)48)28-17-7-10-20-34(28)47(36)27-15-5-2-6-16-27/h1-25H. The average molecular weight is 644 g/mol. The predicted octanol–water partition coefficient (Wildman–Crippen LogP) is 11.0. The van der Waals surface area contributed by atoms with E-state index in [0.29, 0.717) is 11.6 Å². The molecule has 1 aliphatic rings. The molecule has 5 nitrogen and oxygen atoms in total. The molecule has 0 saturated heterocycles. The quantitative estimate of drug-likeness (QED) is 0.192. The van der Waals surface area contributed by atoms with Gasteiger partial charge in [0.05, 0.1) is 38.8 Å². The zero-order chi connectivity index (χ0) is 32.1. The summed E-state index contributed by atoms with van der Waals surface area (Å²) in [5, 5.41) is 5.71. The number of hydrogen-bond donors (Lipinski definition) is 0. The highest BCUT2D eigenvalue weighted by molar-refractivity contribution is 7.99. The first-order valence-electron chi connectivity index (χ1n) is 16.4. The van der Waals surface area contributed by atoms with Crippen molar-refractivity contribution in [3.8, 4) is 34.2 Å². The highest BCUT2D eigenvalue weighted by atomic mass is 32.2. The molecule has 0 N–H and O–H groups in total. The molecular formula is C43H25N5S. The molecule has 10 aromatic rings. The summed E-state index contributed by atoms with van der Waals surface area (Å²) in [6.45, 7) is 0. The molecule has 11 rings (SSSR count). The number of fused-ring (bicyclic) bond motifs is 8. The van der Waals surface area contributed by atoms with Crippen LogP contribution in [0.1, 0.15) is 0 Å². The van der Waals surface area contributed by atoms with E-state index in [4.69, 9.17) is 15.0 Å².